The van der Waals surface area contributed by atoms with E-state index in [2.05, 4.69) is 10.6 Å². The number of carbonyl (C=O) groups is 3. The van der Waals surface area contributed by atoms with Crippen LogP contribution in [-0.2, 0) is 9.59 Å². The lowest BCUT2D eigenvalue weighted by atomic mass is 10.2. The number of urea groups is 1. The van der Waals surface area contributed by atoms with E-state index in [9.17, 15) is 14.4 Å². The summed E-state index contributed by atoms with van der Waals surface area (Å²) in [5, 5.41) is 4.95. The number of hydrogen-bond donors (Lipinski definition) is 2. The lowest BCUT2D eigenvalue weighted by Gasteiger charge is -2.24. The Balaban J connectivity index is 2.37. The number of carbonyl (C=O) groups excluding carboxylic acids is 3. The standard InChI is InChI=1S/C12H22N4O3/c1-8(16(4)7-10(17)15(2)3)11(18)14-12(19)13-9-5-6-9/h8-9H,5-7H2,1-4H3,(H2,13,14,18,19). The van der Waals surface area contributed by atoms with Gasteiger partial charge in [0, 0.05) is 20.1 Å². The van der Waals surface area contributed by atoms with Gasteiger partial charge in [-0.25, -0.2) is 4.79 Å². The maximum atomic E-state index is 11.8. The molecule has 2 N–H and O–H groups in total. The number of amides is 4. The third-order valence-electron chi connectivity index (χ3n) is 3.07. The second kappa shape index (κ2) is 6.51. The maximum Gasteiger partial charge on any atom is 0.321 e. The van der Waals surface area contributed by atoms with Crippen LogP contribution in [0.3, 0.4) is 0 Å². The van der Waals surface area contributed by atoms with Gasteiger partial charge in [0.25, 0.3) is 0 Å². The summed E-state index contributed by atoms with van der Waals surface area (Å²) >= 11 is 0. The molecule has 1 atom stereocenters. The number of rotatable bonds is 5. The van der Waals surface area contributed by atoms with Crippen LogP contribution in [0.4, 0.5) is 4.79 Å². The smallest absolute Gasteiger partial charge is 0.321 e. The molecule has 1 fully saturated rings. The average molecular weight is 270 g/mol. The van der Waals surface area contributed by atoms with E-state index >= 15 is 0 Å². The van der Waals surface area contributed by atoms with Gasteiger partial charge in [-0.15, -0.1) is 0 Å². The van der Waals surface area contributed by atoms with Crippen molar-refractivity contribution in [1.82, 2.24) is 20.4 Å². The van der Waals surface area contributed by atoms with Crippen molar-refractivity contribution in [3.63, 3.8) is 0 Å². The highest BCUT2D eigenvalue weighted by Gasteiger charge is 2.26. The number of imide groups is 1. The van der Waals surface area contributed by atoms with E-state index in [1.165, 1.54) is 4.90 Å². The van der Waals surface area contributed by atoms with E-state index in [0.29, 0.717) is 0 Å². The minimum atomic E-state index is -0.547. The first-order valence-corrected chi connectivity index (χ1v) is 6.33. The molecule has 0 heterocycles. The zero-order valence-corrected chi connectivity index (χ0v) is 11.9. The zero-order chi connectivity index (χ0) is 14.6. The van der Waals surface area contributed by atoms with E-state index in [0.717, 1.165) is 12.8 Å². The molecular formula is C12H22N4O3. The van der Waals surface area contributed by atoms with E-state index < -0.39 is 18.0 Å². The van der Waals surface area contributed by atoms with E-state index in [-0.39, 0.29) is 18.5 Å². The molecule has 0 radical (unpaired) electrons. The molecule has 0 spiro atoms. The molecule has 0 saturated heterocycles. The fraction of sp³-hybridized carbons (Fsp3) is 0.750. The quantitative estimate of drug-likeness (QED) is 0.698. The van der Waals surface area contributed by atoms with Crippen molar-refractivity contribution in [1.29, 1.82) is 0 Å². The summed E-state index contributed by atoms with van der Waals surface area (Å²) in [4.78, 5) is 37.8. The maximum absolute atomic E-state index is 11.8. The Kier molecular flexibility index (Phi) is 5.29. The van der Waals surface area contributed by atoms with Crippen LogP contribution >= 0.6 is 0 Å². The molecular weight excluding hydrogens is 248 g/mol. The van der Waals surface area contributed by atoms with Crippen LogP contribution in [0.15, 0.2) is 0 Å². The molecule has 1 aliphatic carbocycles. The van der Waals surface area contributed by atoms with Gasteiger partial charge in [-0.1, -0.05) is 0 Å². The number of nitrogens with zero attached hydrogens (tertiary/aromatic N) is 2. The molecule has 1 unspecified atom stereocenters. The minimum absolute atomic E-state index is 0.0930. The van der Waals surface area contributed by atoms with Gasteiger partial charge in [0.1, 0.15) is 0 Å². The van der Waals surface area contributed by atoms with Gasteiger partial charge in [0.05, 0.1) is 12.6 Å². The highest BCUT2D eigenvalue weighted by molar-refractivity contribution is 5.97. The van der Waals surface area contributed by atoms with Crippen molar-refractivity contribution < 1.29 is 14.4 Å². The molecule has 4 amide bonds. The van der Waals surface area contributed by atoms with Crippen LogP contribution in [0.2, 0.25) is 0 Å². The van der Waals surface area contributed by atoms with Crippen molar-refractivity contribution in [2.24, 2.45) is 0 Å². The molecule has 1 aliphatic rings. The van der Waals surface area contributed by atoms with Crippen LogP contribution in [0.5, 0.6) is 0 Å². The minimum Gasteiger partial charge on any atom is -0.348 e. The summed E-state index contributed by atoms with van der Waals surface area (Å²) in [5.74, 6) is -0.503. The molecule has 0 aromatic rings. The fourth-order valence-corrected chi connectivity index (χ4v) is 1.36. The zero-order valence-electron chi connectivity index (χ0n) is 11.9. The van der Waals surface area contributed by atoms with Crippen LogP contribution in [0.25, 0.3) is 0 Å². The second-order valence-electron chi connectivity index (χ2n) is 5.12. The van der Waals surface area contributed by atoms with Crippen LogP contribution in [-0.4, -0.2) is 67.4 Å². The molecule has 7 nitrogen and oxygen atoms in total. The first-order valence-electron chi connectivity index (χ1n) is 6.33. The monoisotopic (exact) mass is 270 g/mol. The van der Waals surface area contributed by atoms with Crippen molar-refractivity contribution in [2.75, 3.05) is 27.7 Å². The summed E-state index contributed by atoms with van der Waals surface area (Å²) in [5.41, 5.74) is 0. The van der Waals surface area contributed by atoms with Crippen LogP contribution < -0.4 is 10.6 Å². The lowest BCUT2D eigenvalue weighted by Crippen LogP contribution is -2.50. The molecule has 0 bridgehead atoms. The largest absolute Gasteiger partial charge is 0.348 e. The number of likely N-dealkylation sites (N-methyl/N-ethyl adjacent to an activating group) is 2. The first kappa shape index (κ1) is 15.4. The van der Waals surface area contributed by atoms with Gasteiger partial charge in [-0.05, 0) is 26.8 Å². The highest BCUT2D eigenvalue weighted by atomic mass is 16.2. The number of nitrogens with one attached hydrogen (secondary N) is 2. The van der Waals surface area contributed by atoms with Gasteiger partial charge in [-0.3, -0.25) is 19.8 Å². The van der Waals surface area contributed by atoms with Crippen molar-refractivity contribution >= 4 is 17.8 Å². The van der Waals surface area contributed by atoms with E-state index in [1.807, 2.05) is 0 Å². The third kappa shape index (κ3) is 5.25. The SMILES string of the molecule is CC(C(=O)NC(=O)NC1CC1)N(C)CC(=O)N(C)C. The van der Waals surface area contributed by atoms with E-state index in [4.69, 9.17) is 0 Å². The highest BCUT2D eigenvalue weighted by Crippen LogP contribution is 2.18. The molecule has 0 aromatic heterocycles. The third-order valence-corrected chi connectivity index (χ3v) is 3.07. The van der Waals surface area contributed by atoms with Gasteiger partial charge < -0.3 is 10.2 Å². The summed E-state index contributed by atoms with van der Waals surface area (Å²) in [7, 11) is 4.98. The molecule has 108 valence electrons. The van der Waals surface area contributed by atoms with Crippen LogP contribution in [0, 0.1) is 0 Å². The summed E-state index contributed by atoms with van der Waals surface area (Å²) < 4.78 is 0. The predicted octanol–water partition coefficient (Wildman–Crippen LogP) is -0.617. The molecule has 0 aliphatic heterocycles. The molecule has 19 heavy (non-hydrogen) atoms. The Morgan fingerprint density at radius 1 is 1.21 bits per heavy atom. The van der Waals surface area contributed by atoms with Crippen LogP contribution in [0.1, 0.15) is 19.8 Å². The lowest BCUT2D eigenvalue weighted by molar-refractivity contribution is -0.131. The van der Waals surface area contributed by atoms with Gasteiger partial charge >= 0.3 is 6.03 Å². The number of hydrogen-bond acceptors (Lipinski definition) is 4. The molecule has 7 heteroatoms. The summed E-state index contributed by atoms with van der Waals surface area (Å²) in [6, 6.07) is -0.809. The Bertz CT molecular complexity index is 366. The Morgan fingerprint density at radius 2 is 1.79 bits per heavy atom. The molecule has 1 rings (SSSR count). The van der Waals surface area contributed by atoms with Gasteiger partial charge in [0.2, 0.25) is 11.8 Å². The average Bonchev–Trinajstić information content (AvgIpc) is 3.11. The van der Waals surface area contributed by atoms with Crippen molar-refractivity contribution in [3.05, 3.63) is 0 Å². The molecule has 0 aromatic carbocycles. The van der Waals surface area contributed by atoms with E-state index in [1.54, 1.807) is 33.0 Å². The summed E-state index contributed by atoms with van der Waals surface area (Å²) in [6.45, 7) is 1.79. The van der Waals surface area contributed by atoms with Gasteiger partial charge in [-0.2, -0.15) is 0 Å². The normalized spacial score (nSPS) is 15.8. The predicted molar refractivity (Wildman–Crippen MR) is 70.5 cm³/mol. The fourth-order valence-electron chi connectivity index (χ4n) is 1.36. The van der Waals surface area contributed by atoms with Crippen molar-refractivity contribution in [3.8, 4) is 0 Å². The first-order chi connectivity index (χ1) is 8.81. The second-order valence-corrected chi connectivity index (χ2v) is 5.12. The Morgan fingerprint density at radius 3 is 2.26 bits per heavy atom. The summed E-state index contributed by atoms with van der Waals surface area (Å²) in [6.07, 6.45) is 1.93. The molecule has 1 saturated carbocycles. The van der Waals surface area contributed by atoms with Crippen molar-refractivity contribution in [2.45, 2.75) is 31.8 Å². The topological polar surface area (TPSA) is 81.8 Å². The Labute approximate surface area is 113 Å². The van der Waals surface area contributed by atoms with Gasteiger partial charge in [0.15, 0.2) is 0 Å². The Hall–Kier alpha value is -1.63.